The molecule has 0 unspecified atom stereocenters. The second-order valence-electron chi connectivity index (χ2n) is 8.41. The average Bonchev–Trinajstić information content (AvgIpc) is 2.87. The Morgan fingerprint density at radius 3 is 2.23 bits per heavy atom. The summed E-state index contributed by atoms with van der Waals surface area (Å²) in [5.41, 5.74) is 5.75. The summed E-state index contributed by atoms with van der Waals surface area (Å²) in [6.07, 6.45) is 0. The summed E-state index contributed by atoms with van der Waals surface area (Å²) in [4.78, 5) is 30.6. The molecule has 0 aliphatic heterocycles. The molecule has 0 amide bonds. The van der Waals surface area contributed by atoms with Crippen molar-refractivity contribution in [3.63, 3.8) is 0 Å². The molecule has 3 heterocycles. The molecule has 6 rings (SSSR count). The summed E-state index contributed by atoms with van der Waals surface area (Å²) in [5.74, 6) is 0. The van der Waals surface area contributed by atoms with Gasteiger partial charge in [0.25, 0.3) is 0 Å². The van der Waals surface area contributed by atoms with E-state index >= 15 is 0 Å². The maximum absolute atomic E-state index is 13.2. The van der Waals surface area contributed by atoms with E-state index in [1.165, 1.54) is 0 Å². The summed E-state index contributed by atoms with van der Waals surface area (Å²) in [7, 11) is 0. The van der Waals surface area contributed by atoms with E-state index in [1.807, 2.05) is 67.6 Å². The smallest absolute Gasteiger partial charge is 0.210 e. The van der Waals surface area contributed by atoms with E-state index in [-0.39, 0.29) is 10.9 Å². The maximum atomic E-state index is 13.2. The van der Waals surface area contributed by atoms with Crippen LogP contribution in [0.25, 0.3) is 55.7 Å². The molecule has 3 aromatic heterocycles. The second kappa shape index (κ2) is 8.46. The molecule has 1 N–H and O–H groups in total. The Kier molecular flexibility index (Phi) is 5.12. The molecule has 6 heteroatoms. The van der Waals surface area contributed by atoms with Crippen molar-refractivity contribution in [2.75, 3.05) is 0 Å². The van der Waals surface area contributed by atoms with Crippen LogP contribution in [0.4, 0.5) is 0 Å². The first-order chi connectivity index (χ1) is 17.0. The summed E-state index contributed by atoms with van der Waals surface area (Å²) < 4.78 is 0. The molecule has 168 valence electrons. The highest BCUT2D eigenvalue weighted by molar-refractivity contribution is 6.29. The molecule has 0 aliphatic carbocycles. The SMILES string of the molecule is Cc1cc(-c2nc3c(=O)cc(-c4ccc5ccccc5c4)[nH]c3nc2-c2ccccc2)cc(Cl)n1. The van der Waals surface area contributed by atoms with Crippen molar-refractivity contribution in [2.45, 2.75) is 6.92 Å². The number of pyridine rings is 2. The number of nitrogens with one attached hydrogen (secondary N) is 1. The lowest BCUT2D eigenvalue weighted by Gasteiger charge is -2.12. The van der Waals surface area contributed by atoms with Crippen LogP contribution < -0.4 is 5.43 Å². The molecule has 0 saturated carbocycles. The highest BCUT2D eigenvalue weighted by Crippen LogP contribution is 2.32. The highest BCUT2D eigenvalue weighted by atomic mass is 35.5. The van der Waals surface area contributed by atoms with Crippen molar-refractivity contribution in [3.05, 3.63) is 112 Å². The number of hydrogen-bond acceptors (Lipinski definition) is 4. The van der Waals surface area contributed by atoms with Gasteiger partial charge in [-0.1, -0.05) is 78.3 Å². The van der Waals surface area contributed by atoms with E-state index in [2.05, 4.69) is 28.2 Å². The van der Waals surface area contributed by atoms with Crippen LogP contribution >= 0.6 is 11.6 Å². The lowest BCUT2D eigenvalue weighted by Crippen LogP contribution is -2.09. The van der Waals surface area contributed by atoms with E-state index in [1.54, 1.807) is 12.1 Å². The van der Waals surface area contributed by atoms with Crippen LogP contribution in [-0.2, 0) is 0 Å². The Balaban J connectivity index is 1.61. The number of H-pyrrole nitrogens is 1. The fraction of sp³-hybridized carbons (Fsp3) is 0.0345. The van der Waals surface area contributed by atoms with Gasteiger partial charge in [-0.2, -0.15) is 0 Å². The first-order valence-electron chi connectivity index (χ1n) is 11.2. The molecule has 0 fully saturated rings. The van der Waals surface area contributed by atoms with Crippen LogP contribution in [0.1, 0.15) is 5.69 Å². The molecule has 3 aromatic carbocycles. The molecular formula is C29H19ClN4O. The van der Waals surface area contributed by atoms with Crippen molar-refractivity contribution in [1.82, 2.24) is 19.9 Å². The largest absolute Gasteiger partial charge is 0.338 e. The molecule has 0 aliphatic rings. The van der Waals surface area contributed by atoms with Gasteiger partial charge in [0.2, 0.25) is 5.43 Å². The molecular weight excluding hydrogens is 456 g/mol. The number of nitrogens with zero attached hydrogens (tertiary/aromatic N) is 3. The van der Waals surface area contributed by atoms with Gasteiger partial charge >= 0.3 is 0 Å². The predicted molar refractivity (Wildman–Crippen MR) is 142 cm³/mol. The Labute approximate surface area is 206 Å². The number of halogens is 1. The zero-order valence-electron chi connectivity index (χ0n) is 18.8. The van der Waals surface area contributed by atoms with Gasteiger partial charge in [0.15, 0.2) is 11.2 Å². The van der Waals surface area contributed by atoms with Crippen LogP contribution in [0.3, 0.4) is 0 Å². The van der Waals surface area contributed by atoms with Gasteiger partial charge in [0, 0.05) is 22.9 Å². The number of hydrogen-bond donors (Lipinski definition) is 1. The van der Waals surface area contributed by atoms with Crippen LogP contribution in [-0.4, -0.2) is 19.9 Å². The summed E-state index contributed by atoms with van der Waals surface area (Å²) in [6, 6.07) is 29.3. The first kappa shape index (κ1) is 21.2. The van der Waals surface area contributed by atoms with Crippen molar-refractivity contribution < 1.29 is 0 Å². The number of rotatable bonds is 3. The highest BCUT2D eigenvalue weighted by Gasteiger charge is 2.17. The van der Waals surface area contributed by atoms with Gasteiger partial charge in [0.05, 0.1) is 17.1 Å². The van der Waals surface area contributed by atoms with Gasteiger partial charge in [0.1, 0.15) is 5.15 Å². The first-order valence-corrected chi connectivity index (χ1v) is 11.6. The zero-order valence-corrected chi connectivity index (χ0v) is 19.5. The normalized spacial score (nSPS) is 11.3. The van der Waals surface area contributed by atoms with Crippen LogP contribution in [0, 0.1) is 6.92 Å². The number of aromatic amines is 1. The zero-order chi connectivity index (χ0) is 23.9. The Hall–Kier alpha value is -4.35. The van der Waals surface area contributed by atoms with Crippen LogP contribution in [0.5, 0.6) is 0 Å². The van der Waals surface area contributed by atoms with E-state index < -0.39 is 0 Å². The van der Waals surface area contributed by atoms with Crippen molar-refractivity contribution in [3.8, 4) is 33.8 Å². The van der Waals surface area contributed by atoms with Crippen LogP contribution in [0.2, 0.25) is 5.15 Å². The summed E-state index contributed by atoms with van der Waals surface area (Å²) in [5, 5.41) is 2.60. The molecule has 35 heavy (non-hydrogen) atoms. The minimum Gasteiger partial charge on any atom is -0.338 e. The molecule has 6 aromatic rings. The monoisotopic (exact) mass is 474 g/mol. The Morgan fingerprint density at radius 2 is 1.43 bits per heavy atom. The minimum absolute atomic E-state index is 0.202. The van der Waals surface area contributed by atoms with Gasteiger partial charge in [-0.05, 0) is 41.5 Å². The summed E-state index contributed by atoms with van der Waals surface area (Å²) >= 11 is 6.25. The van der Waals surface area contributed by atoms with Crippen molar-refractivity contribution in [1.29, 1.82) is 0 Å². The van der Waals surface area contributed by atoms with E-state index in [0.717, 1.165) is 33.2 Å². The molecule has 0 radical (unpaired) electrons. The predicted octanol–water partition coefficient (Wildman–Crippen LogP) is 6.83. The third-order valence-electron chi connectivity index (χ3n) is 5.96. The third-order valence-corrected chi connectivity index (χ3v) is 6.15. The second-order valence-corrected chi connectivity index (χ2v) is 8.80. The van der Waals surface area contributed by atoms with E-state index in [0.29, 0.717) is 27.9 Å². The Morgan fingerprint density at radius 1 is 0.686 bits per heavy atom. The van der Waals surface area contributed by atoms with Gasteiger partial charge < -0.3 is 4.98 Å². The van der Waals surface area contributed by atoms with E-state index in [4.69, 9.17) is 21.6 Å². The average molecular weight is 475 g/mol. The maximum Gasteiger partial charge on any atom is 0.210 e. The lowest BCUT2D eigenvalue weighted by molar-refractivity contribution is 1.18. The Bertz CT molecular complexity index is 1770. The van der Waals surface area contributed by atoms with Gasteiger partial charge in [-0.15, -0.1) is 0 Å². The van der Waals surface area contributed by atoms with E-state index in [9.17, 15) is 4.79 Å². The fourth-order valence-corrected chi connectivity index (χ4v) is 4.58. The number of fused-ring (bicyclic) bond motifs is 2. The van der Waals surface area contributed by atoms with Crippen molar-refractivity contribution in [2.24, 2.45) is 0 Å². The quantitative estimate of drug-likeness (QED) is 0.285. The third kappa shape index (κ3) is 3.96. The van der Waals surface area contributed by atoms with Gasteiger partial charge in [-0.3, -0.25) is 4.79 Å². The van der Waals surface area contributed by atoms with Gasteiger partial charge in [-0.25, -0.2) is 15.0 Å². The lowest BCUT2D eigenvalue weighted by atomic mass is 10.0. The van der Waals surface area contributed by atoms with Crippen molar-refractivity contribution >= 4 is 33.5 Å². The molecule has 0 atom stereocenters. The summed E-state index contributed by atoms with van der Waals surface area (Å²) in [6.45, 7) is 1.87. The molecule has 0 saturated heterocycles. The standard InChI is InChI=1S/C29H19ClN4O/c1-17-13-22(15-25(30)31-17)27-26(19-8-3-2-4-9-19)34-29-28(33-27)24(35)16-23(32-29)21-12-11-18-7-5-6-10-20(18)14-21/h2-16H,1H3,(H,32,34,35). The molecule has 0 bridgehead atoms. The number of benzene rings is 3. The minimum atomic E-state index is -0.202. The molecule has 0 spiro atoms. The molecule has 5 nitrogen and oxygen atoms in total. The fourth-order valence-electron chi connectivity index (χ4n) is 4.33. The topological polar surface area (TPSA) is 71.5 Å². The van der Waals surface area contributed by atoms with Crippen LogP contribution in [0.15, 0.2) is 95.8 Å². The number of aryl methyl sites for hydroxylation is 1. The number of aromatic nitrogens is 4.